The smallest absolute Gasteiger partial charge is 0.0278 e. The van der Waals surface area contributed by atoms with Crippen LogP contribution in [0.15, 0.2) is 12.1 Å². The molecule has 0 aliphatic heterocycles. The van der Waals surface area contributed by atoms with Crippen LogP contribution in [0, 0.1) is 24.7 Å². The van der Waals surface area contributed by atoms with E-state index in [0.717, 1.165) is 36.8 Å². The van der Waals surface area contributed by atoms with Crippen molar-refractivity contribution in [3.8, 4) is 24.7 Å². The maximum Gasteiger partial charge on any atom is 0.0278 e. The van der Waals surface area contributed by atoms with Crippen molar-refractivity contribution in [1.29, 1.82) is 0 Å². The van der Waals surface area contributed by atoms with Crippen molar-refractivity contribution in [2.75, 3.05) is 0 Å². The van der Waals surface area contributed by atoms with Crippen molar-refractivity contribution in [3.63, 3.8) is 0 Å². The first-order valence-electron chi connectivity index (χ1n) is 6.85. The molecule has 0 aliphatic rings. The van der Waals surface area contributed by atoms with Gasteiger partial charge < -0.3 is 0 Å². The van der Waals surface area contributed by atoms with Crippen molar-refractivity contribution >= 4 is 0 Å². The summed E-state index contributed by atoms with van der Waals surface area (Å²) in [6.45, 7) is 4.38. The lowest BCUT2D eigenvalue weighted by Gasteiger charge is -2.10. The summed E-state index contributed by atoms with van der Waals surface area (Å²) in [5.41, 5.74) is 4.50. The highest BCUT2D eigenvalue weighted by atomic mass is 14.1. The lowest BCUT2D eigenvalue weighted by Crippen LogP contribution is -1.98. The molecule has 0 fully saturated rings. The monoisotopic (exact) mass is 238 g/mol. The van der Waals surface area contributed by atoms with E-state index in [2.05, 4.69) is 37.8 Å². The second-order valence-corrected chi connectivity index (χ2v) is 4.66. The van der Waals surface area contributed by atoms with Crippen LogP contribution in [0.4, 0.5) is 0 Å². The molecule has 0 heteroatoms. The van der Waals surface area contributed by atoms with Crippen molar-refractivity contribution in [2.45, 2.75) is 52.4 Å². The topological polar surface area (TPSA) is 0 Å². The molecule has 0 spiro atoms. The highest BCUT2D eigenvalue weighted by molar-refractivity contribution is 5.51. The maximum absolute atomic E-state index is 5.61. The molecule has 0 aromatic heterocycles. The van der Waals surface area contributed by atoms with Gasteiger partial charge in [0, 0.05) is 11.1 Å². The molecule has 0 unspecified atom stereocenters. The fourth-order valence-corrected chi connectivity index (χ4v) is 2.11. The minimum atomic E-state index is 1.02. The fraction of sp³-hybridized carbons (Fsp3) is 0.444. The zero-order valence-corrected chi connectivity index (χ0v) is 11.6. The fourth-order valence-electron chi connectivity index (χ4n) is 2.11. The second kappa shape index (κ2) is 7.62. The Bertz CT molecular complexity index is 420. The largest absolute Gasteiger partial charge is 0.115 e. The summed E-state index contributed by atoms with van der Waals surface area (Å²) in [4.78, 5) is 0. The molecule has 1 aromatic rings. The average molecular weight is 238 g/mol. The van der Waals surface area contributed by atoms with Crippen LogP contribution < -0.4 is 0 Å². The van der Waals surface area contributed by atoms with Crippen LogP contribution in [0.2, 0.25) is 0 Å². The molecule has 0 saturated carbocycles. The summed E-state index contributed by atoms with van der Waals surface area (Å²) in [5, 5.41) is 0. The van der Waals surface area contributed by atoms with Gasteiger partial charge in [0.15, 0.2) is 0 Å². The van der Waals surface area contributed by atoms with Gasteiger partial charge in [0.05, 0.1) is 0 Å². The van der Waals surface area contributed by atoms with E-state index < -0.39 is 0 Å². The number of aryl methyl sites for hydroxylation is 2. The Labute approximate surface area is 112 Å². The summed E-state index contributed by atoms with van der Waals surface area (Å²) < 4.78 is 0. The molecule has 94 valence electrons. The lowest BCUT2D eigenvalue weighted by atomic mass is 9.93. The third-order valence-electron chi connectivity index (χ3n) is 3.24. The van der Waals surface area contributed by atoms with Gasteiger partial charge in [-0.3, -0.25) is 0 Å². The number of terminal acetylenes is 2. The molecule has 0 bridgehead atoms. The van der Waals surface area contributed by atoms with E-state index in [4.69, 9.17) is 12.8 Å². The van der Waals surface area contributed by atoms with E-state index in [1.165, 1.54) is 24.0 Å². The van der Waals surface area contributed by atoms with E-state index in [9.17, 15) is 0 Å². The molecular formula is C18H22. The third kappa shape index (κ3) is 3.68. The SMILES string of the molecule is C#Cc1cc(CCCC)c(C#C)cc1CCCC. The molecule has 0 saturated heterocycles. The Kier molecular flexibility index (Phi) is 6.10. The summed E-state index contributed by atoms with van der Waals surface area (Å²) in [5.74, 6) is 5.61. The first kappa shape index (κ1) is 14.4. The molecule has 0 aliphatic carbocycles. The van der Waals surface area contributed by atoms with Gasteiger partial charge in [-0.25, -0.2) is 0 Å². The Morgan fingerprint density at radius 3 is 1.50 bits per heavy atom. The highest BCUT2D eigenvalue weighted by Gasteiger charge is 2.07. The van der Waals surface area contributed by atoms with E-state index in [1.807, 2.05) is 0 Å². The van der Waals surface area contributed by atoms with Crippen LogP contribution in [0.1, 0.15) is 61.8 Å². The predicted octanol–water partition coefficient (Wildman–Crippen LogP) is 4.33. The van der Waals surface area contributed by atoms with Crippen molar-refractivity contribution < 1.29 is 0 Å². The summed E-state index contributed by atoms with van der Waals surface area (Å²) in [6.07, 6.45) is 17.9. The minimum absolute atomic E-state index is 1.02. The number of rotatable bonds is 6. The first-order valence-corrected chi connectivity index (χ1v) is 6.85. The minimum Gasteiger partial charge on any atom is -0.115 e. The van der Waals surface area contributed by atoms with Crippen LogP contribution in [-0.4, -0.2) is 0 Å². The van der Waals surface area contributed by atoms with Crippen LogP contribution in [0.5, 0.6) is 0 Å². The average Bonchev–Trinajstić information content (AvgIpc) is 2.42. The first-order chi connectivity index (χ1) is 8.76. The maximum atomic E-state index is 5.61. The Morgan fingerprint density at radius 2 is 1.22 bits per heavy atom. The lowest BCUT2D eigenvalue weighted by molar-refractivity contribution is 0.783. The van der Waals surface area contributed by atoms with Crippen LogP contribution in [0.25, 0.3) is 0 Å². The summed E-state index contributed by atoms with van der Waals surface area (Å²) >= 11 is 0. The highest BCUT2D eigenvalue weighted by Crippen LogP contribution is 2.20. The van der Waals surface area contributed by atoms with E-state index in [0.29, 0.717) is 0 Å². The van der Waals surface area contributed by atoms with Crippen molar-refractivity contribution in [2.24, 2.45) is 0 Å². The van der Waals surface area contributed by atoms with Gasteiger partial charge in [0.2, 0.25) is 0 Å². The number of hydrogen-bond donors (Lipinski definition) is 0. The van der Waals surface area contributed by atoms with E-state index in [1.54, 1.807) is 0 Å². The number of benzene rings is 1. The standard InChI is InChI=1S/C18H22/c1-5-9-11-17-13-16(8-4)18(12-10-6-2)14-15(17)7-3/h3-4,13-14H,5-6,9-12H2,1-2H3. The molecule has 0 atom stereocenters. The summed E-state index contributed by atoms with van der Waals surface area (Å²) in [6, 6.07) is 4.24. The molecule has 1 aromatic carbocycles. The van der Waals surface area contributed by atoms with Gasteiger partial charge in [-0.2, -0.15) is 0 Å². The molecule has 0 nitrogen and oxygen atoms in total. The molecule has 1 rings (SSSR count). The quantitative estimate of drug-likeness (QED) is 0.647. The normalized spacial score (nSPS) is 9.78. The number of unbranched alkanes of at least 4 members (excludes halogenated alkanes) is 2. The third-order valence-corrected chi connectivity index (χ3v) is 3.24. The van der Waals surface area contributed by atoms with Crippen molar-refractivity contribution in [3.05, 3.63) is 34.4 Å². The van der Waals surface area contributed by atoms with Gasteiger partial charge in [-0.05, 0) is 48.9 Å². The van der Waals surface area contributed by atoms with Gasteiger partial charge in [0.1, 0.15) is 0 Å². The molecular weight excluding hydrogens is 216 g/mol. The zero-order chi connectivity index (χ0) is 13.4. The van der Waals surface area contributed by atoms with E-state index in [-0.39, 0.29) is 0 Å². The van der Waals surface area contributed by atoms with Gasteiger partial charge in [-0.15, -0.1) is 12.8 Å². The van der Waals surface area contributed by atoms with Gasteiger partial charge in [0.25, 0.3) is 0 Å². The second-order valence-electron chi connectivity index (χ2n) is 4.66. The van der Waals surface area contributed by atoms with Crippen LogP contribution >= 0.6 is 0 Å². The Morgan fingerprint density at radius 1 is 0.833 bits per heavy atom. The Hall–Kier alpha value is -1.66. The molecule has 0 N–H and O–H groups in total. The van der Waals surface area contributed by atoms with E-state index >= 15 is 0 Å². The molecule has 0 radical (unpaired) electrons. The molecule has 18 heavy (non-hydrogen) atoms. The summed E-state index contributed by atoms with van der Waals surface area (Å²) in [7, 11) is 0. The van der Waals surface area contributed by atoms with Crippen LogP contribution in [0.3, 0.4) is 0 Å². The van der Waals surface area contributed by atoms with Gasteiger partial charge >= 0.3 is 0 Å². The molecule has 0 amide bonds. The Balaban J connectivity index is 3.08. The zero-order valence-electron chi connectivity index (χ0n) is 11.6. The molecule has 0 heterocycles. The van der Waals surface area contributed by atoms with Gasteiger partial charge in [-0.1, -0.05) is 38.5 Å². The van der Waals surface area contributed by atoms with Crippen molar-refractivity contribution in [1.82, 2.24) is 0 Å². The predicted molar refractivity (Wildman–Crippen MR) is 79.5 cm³/mol. The van der Waals surface area contributed by atoms with Crippen LogP contribution in [-0.2, 0) is 12.8 Å². The number of hydrogen-bond acceptors (Lipinski definition) is 0.